The minimum absolute atomic E-state index is 0.253. The van der Waals surface area contributed by atoms with Crippen molar-refractivity contribution in [3.05, 3.63) is 94.2 Å². The Morgan fingerprint density at radius 2 is 1.82 bits per heavy atom. The second-order valence-electron chi connectivity index (χ2n) is 9.47. The Bertz CT molecular complexity index is 1390. The number of halogens is 4. The number of rotatable bonds is 6. The fraction of sp³-hybridized carbons (Fsp3) is 0.310. The maximum Gasteiger partial charge on any atom is 0.573 e. The van der Waals surface area contributed by atoms with Crippen molar-refractivity contribution < 1.29 is 27.1 Å². The highest BCUT2D eigenvalue weighted by Gasteiger charge is 2.33. The molecule has 0 atom stereocenters. The molecule has 1 heterocycles. The summed E-state index contributed by atoms with van der Waals surface area (Å²) in [5.74, 6) is -0.988. The molecule has 0 bridgehead atoms. The van der Waals surface area contributed by atoms with Gasteiger partial charge in [-0.2, -0.15) is 0 Å². The molecule has 2 aromatic carbocycles. The van der Waals surface area contributed by atoms with Gasteiger partial charge < -0.3 is 10.1 Å². The summed E-state index contributed by atoms with van der Waals surface area (Å²) in [6, 6.07) is 10.5. The van der Waals surface area contributed by atoms with Gasteiger partial charge in [-0.25, -0.2) is 4.39 Å². The first-order valence-corrected chi connectivity index (χ1v) is 12.4. The van der Waals surface area contributed by atoms with Crippen LogP contribution >= 0.6 is 0 Å². The van der Waals surface area contributed by atoms with E-state index in [9.17, 15) is 22.4 Å². The Morgan fingerprint density at radius 3 is 2.46 bits per heavy atom. The molecule has 1 amide bonds. The molecule has 0 saturated heterocycles. The van der Waals surface area contributed by atoms with E-state index in [0.29, 0.717) is 37.2 Å². The smallest absolute Gasteiger partial charge is 0.406 e. The molecule has 2 aromatic rings. The van der Waals surface area contributed by atoms with E-state index in [-0.39, 0.29) is 17.3 Å². The summed E-state index contributed by atoms with van der Waals surface area (Å²) in [6.07, 6.45) is -3.07. The third-order valence-corrected chi connectivity index (χ3v) is 7.06. The number of aliphatic imine (C=N–C) groups is 1. The Kier molecular flexibility index (Phi) is 7.85. The summed E-state index contributed by atoms with van der Waals surface area (Å²) in [4.78, 5) is 17.8. The van der Waals surface area contributed by atoms with Crippen molar-refractivity contribution in [2.45, 2.75) is 46.0 Å². The van der Waals surface area contributed by atoms with Gasteiger partial charge in [-0.15, -0.1) is 13.2 Å². The minimum Gasteiger partial charge on any atom is -0.406 e. The zero-order valence-corrected chi connectivity index (χ0v) is 22.2. The fourth-order valence-corrected chi connectivity index (χ4v) is 4.98. The van der Waals surface area contributed by atoms with E-state index < -0.39 is 12.3 Å². The van der Waals surface area contributed by atoms with Gasteiger partial charge in [-0.3, -0.25) is 19.8 Å². The summed E-state index contributed by atoms with van der Waals surface area (Å²) in [7, 11) is 3.39. The number of fused-ring (bicyclic) bond motifs is 1. The lowest BCUT2D eigenvalue weighted by Gasteiger charge is -2.30. The lowest BCUT2D eigenvalue weighted by Crippen LogP contribution is -2.34. The predicted octanol–water partition coefficient (Wildman–Crippen LogP) is 6.13. The normalized spacial score (nSPS) is 16.5. The van der Waals surface area contributed by atoms with Gasteiger partial charge in [0, 0.05) is 14.1 Å². The third kappa shape index (κ3) is 6.00. The number of nitrogens with zero attached hydrogens (tertiary/aromatic N) is 3. The first-order valence-electron chi connectivity index (χ1n) is 12.4. The van der Waals surface area contributed by atoms with Crippen LogP contribution in [0, 0.1) is 5.82 Å². The number of ether oxygens (including phenoxy) is 1. The zero-order valence-electron chi connectivity index (χ0n) is 22.2. The molecule has 1 N–H and O–H groups in total. The van der Waals surface area contributed by atoms with Crippen LogP contribution in [0.1, 0.15) is 43.4 Å². The number of allylic oxidation sites excluding steroid dienone is 2. The van der Waals surface area contributed by atoms with Crippen molar-refractivity contribution in [3.63, 3.8) is 0 Å². The van der Waals surface area contributed by atoms with Crippen molar-refractivity contribution in [1.82, 2.24) is 15.3 Å². The maximum atomic E-state index is 13.5. The summed E-state index contributed by atoms with van der Waals surface area (Å²) in [5.41, 5.74) is 6.03. The van der Waals surface area contributed by atoms with Gasteiger partial charge in [0.05, 0.1) is 23.6 Å². The predicted molar refractivity (Wildman–Crippen MR) is 142 cm³/mol. The van der Waals surface area contributed by atoms with Crippen molar-refractivity contribution in [2.75, 3.05) is 14.1 Å². The van der Waals surface area contributed by atoms with E-state index >= 15 is 0 Å². The number of alkyl halides is 3. The SMILES string of the molecule is C=C1C(NC(=O)/C(=N/C)C2=C(C)c3ccc(OC(F)(F)F)cc3CCC2)=C(C)N(C)N1Cc1ccc(F)cc1. The highest BCUT2D eigenvalue weighted by molar-refractivity contribution is 6.47. The van der Waals surface area contributed by atoms with E-state index in [1.807, 2.05) is 30.9 Å². The van der Waals surface area contributed by atoms with Crippen LogP contribution < -0.4 is 10.1 Å². The quantitative estimate of drug-likeness (QED) is 0.353. The fourth-order valence-electron chi connectivity index (χ4n) is 4.98. The molecule has 2 aliphatic rings. The van der Waals surface area contributed by atoms with Crippen molar-refractivity contribution in [2.24, 2.45) is 4.99 Å². The number of nitrogens with one attached hydrogen (secondary N) is 1. The minimum atomic E-state index is -4.77. The van der Waals surface area contributed by atoms with Crippen molar-refractivity contribution in [3.8, 4) is 5.75 Å². The van der Waals surface area contributed by atoms with Gasteiger partial charge in [0.2, 0.25) is 0 Å². The van der Waals surface area contributed by atoms with E-state index in [0.717, 1.165) is 33.5 Å². The molecule has 1 aliphatic carbocycles. The first kappa shape index (κ1) is 27.9. The van der Waals surface area contributed by atoms with Gasteiger partial charge in [0.15, 0.2) is 0 Å². The second kappa shape index (κ2) is 11.0. The van der Waals surface area contributed by atoms with E-state index in [2.05, 4.69) is 21.6 Å². The zero-order chi connectivity index (χ0) is 28.5. The van der Waals surface area contributed by atoms with Crippen LogP contribution in [0.4, 0.5) is 17.6 Å². The molecular weight excluding hydrogens is 512 g/mol. The lowest BCUT2D eigenvalue weighted by molar-refractivity contribution is -0.274. The number of hydrogen-bond acceptors (Lipinski definition) is 5. The topological polar surface area (TPSA) is 57.2 Å². The molecule has 0 saturated carbocycles. The van der Waals surface area contributed by atoms with Crippen LogP contribution in [0.2, 0.25) is 0 Å². The second-order valence-corrected chi connectivity index (χ2v) is 9.47. The molecule has 0 aromatic heterocycles. The Morgan fingerprint density at radius 1 is 1.13 bits per heavy atom. The third-order valence-electron chi connectivity index (χ3n) is 7.06. The monoisotopic (exact) mass is 542 g/mol. The number of benzene rings is 2. The number of carbonyl (C=O) groups excluding carboxylic acids is 1. The Labute approximate surface area is 224 Å². The highest BCUT2D eigenvalue weighted by atomic mass is 19.4. The number of hydrogen-bond donors (Lipinski definition) is 1. The van der Waals surface area contributed by atoms with Crippen molar-refractivity contribution >= 4 is 17.2 Å². The van der Waals surface area contributed by atoms with E-state index in [1.54, 1.807) is 25.2 Å². The van der Waals surface area contributed by atoms with Gasteiger partial charge >= 0.3 is 6.36 Å². The lowest BCUT2D eigenvalue weighted by atomic mass is 9.95. The van der Waals surface area contributed by atoms with Crippen LogP contribution in [0.25, 0.3) is 5.57 Å². The van der Waals surface area contributed by atoms with Gasteiger partial charge in [0.25, 0.3) is 5.91 Å². The van der Waals surface area contributed by atoms with Crippen molar-refractivity contribution in [1.29, 1.82) is 0 Å². The maximum absolute atomic E-state index is 13.5. The Balaban J connectivity index is 1.56. The number of carbonyl (C=O) groups is 1. The molecule has 0 fully saturated rings. The molecule has 0 radical (unpaired) electrons. The average Bonchev–Trinajstić information content (AvgIpc) is 2.98. The molecule has 0 unspecified atom stereocenters. The molecule has 10 heteroatoms. The van der Waals surface area contributed by atoms with E-state index in [1.165, 1.54) is 24.3 Å². The molecule has 6 nitrogen and oxygen atoms in total. The van der Waals surface area contributed by atoms with Gasteiger partial charge in [0.1, 0.15) is 17.3 Å². The molecule has 4 rings (SSSR count). The molecule has 39 heavy (non-hydrogen) atoms. The number of hydrazine groups is 1. The van der Waals surface area contributed by atoms with Crippen LogP contribution in [0.3, 0.4) is 0 Å². The highest BCUT2D eigenvalue weighted by Crippen LogP contribution is 2.35. The number of aryl methyl sites for hydroxylation is 1. The summed E-state index contributed by atoms with van der Waals surface area (Å²) < 4.78 is 55.5. The van der Waals surface area contributed by atoms with Crippen LogP contribution in [-0.4, -0.2) is 42.1 Å². The molecular formula is C29H30F4N4O2. The summed E-state index contributed by atoms with van der Waals surface area (Å²) in [5, 5.41) is 6.72. The molecule has 1 aliphatic heterocycles. The standard InChI is InChI=1S/C29H30F4N4O2/c1-17-24-14-13-23(39-29(31,32)33)15-21(24)7-6-8-25(17)27(34-4)28(38)35-26-18(2)36(5)37(19(26)3)16-20-9-11-22(30)12-10-20/h9-15H,3,6-8,16H2,1-2,4-5H3,(H,35,38)/b34-27+. The molecule has 206 valence electrons. The van der Waals surface area contributed by atoms with Gasteiger partial charge in [-0.1, -0.05) is 24.8 Å². The van der Waals surface area contributed by atoms with Crippen LogP contribution in [-0.2, 0) is 17.8 Å². The van der Waals surface area contributed by atoms with E-state index in [4.69, 9.17) is 0 Å². The van der Waals surface area contributed by atoms with Crippen LogP contribution in [0.15, 0.2) is 76.7 Å². The summed E-state index contributed by atoms with van der Waals surface area (Å²) >= 11 is 0. The molecule has 0 spiro atoms. The summed E-state index contributed by atoms with van der Waals surface area (Å²) in [6.45, 7) is 8.31. The first-order chi connectivity index (χ1) is 18.4. The van der Waals surface area contributed by atoms with Gasteiger partial charge in [-0.05, 0) is 85.2 Å². The van der Waals surface area contributed by atoms with Crippen LogP contribution in [0.5, 0.6) is 5.75 Å². The Hall–Kier alpha value is -4.08. The average molecular weight is 543 g/mol. The largest absolute Gasteiger partial charge is 0.573 e. The number of amides is 1.